The number of carbonyl (C=O) groups excluding carboxylic acids is 1. The van der Waals surface area contributed by atoms with Crippen molar-refractivity contribution in [3.8, 4) is 0 Å². The van der Waals surface area contributed by atoms with Crippen LogP contribution in [0.5, 0.6) is 0 Å². The Morgan fingerprint density at radius 3 is 2.53 bits per heavy atom. The number of benzene rings is 1. The first-order valence-corrected chi connectivity index (χ1v) is 7.87. The van der Waals surface area contributed by atoms with Gasteiger partial charge in [-0.25, -0.2) is 0 Å². The predicted octanol–water partition coefficient (Wildman–Crippen LogP) is 5.78. The van der Waals surface area contributed by atoms with Crippen molar-refractivity contribution >= 4 is 29.0 Å². The minimum absolute atomic E-state index is 0.129. The molecule has 1 aliphatic carbocycles. The third-order valence-electron chi connectivity index (χ3n) is 4.13. The fourth-order valence-corrected chi connectivity index (χ4v) is 3.43. The van der Waals surface area contributed by atoms with Crippen molar-refractivity contribution < 1.29 is 4.79 Å². The smallest absolute Gasteiger partial charge is 0.167 e. The summed E-state index contributed by atoms with van der Waals surface area (Å²) in [7, 11) is 0. The zero-order valence-electron chi connectivity index (χ0n) is 11.3. The first-order chi connectivity index (χ1) is 9.13. The molecule has 19 heavy (non-hydrogen) atoms. The van der Waals surface area contributed by atoms with Crippen molar-refractivity contribution in [2.75, 3.05) is 0 Å². The van der Waals surface area contributed by atoms with Crippen LogP contribution in [-0.2, 0) is 0 Å². The van der Waals surface area contributed by atoms with Gasteiger partial charge in [-0.05, 0) is 43.7 Å². The van der Waals surface area contributed by atoms with Crippen LogP contribution < -0.4 is 0 Å². The second-order valence-corrected chi connectivity index (χ2v) is 6.26. The van der Waals surface area contributed by atoms with Crippen molar-refractivity contribution in [2.24, 2.45) is 11.8 Å². The molecule has 104 valence electrons. The third-order valence-corrected chi connectivity index (χ3v) is 4.95. The van der Waals surface area contributed by atoms with Gasteiger partial charge in [-0.15, -0.1) is 0 Å². The van der Waals surface area contributed by atoms with Gasteiger partial charge in [0.25, 0.3) is 0 Å². The molecule has 1 nitrogen and oxygen atoms in total. The number of rotatable bonds is 4. The highest BCUT2D eigenvalue weighted by Gasteiger charge is 2.27. The van der Waals surface area contributed by atoms with E-state index in [2.05, 4.69) is 6.92 Å². The standard InChI is InChI=1S/C16H20Cl2O/c1-2-4-11-7-9-12(10-8-11)16(19)13-5-3-6-14(17)15(13)18/h3,5-6,11-12H,2,4,7-10H2,1H3. The number of halogens is 2. The van der Waals surface area contributed by atoms with Crippen LogP contribution in [0.2, 0.25) is 10.0 Å². The summed E-state index contributed by atoms with van der Waals surface area (Å²) in [6.45, 7) is 2.23. The third kappa shape index (κ3) is 3.52. The molecule has 0 atom stereocenters. The van der Waals surface area contributed by atoms with Crippen molar-refractivity contribution in [1.29, 1.82) is 0 Å². The molecule has 0 aliphatic heterocycles. The first-order valence-electron chi connectivity index (χ1n) is 7.11. The average molecular weight is 299 g/mol. The topological polar surface area (TPSA) is 17.1 Å². The maximum atomic E-state index is 12.5. The van der Waals surface area contributed by atoms with Crippen LogP contribution in [0.25, 0.3) is 0 Å². The van der Waals surface area contributed by atoms with Crippen molar-refractivity contribution in [2.45, 2.75) is 45.4 Å². The molecular formula is C16H20Cl2O. The van der Waals surface area contributed by atoms with Crippen LogP contribution in [0, 0.1) is 11.8 Å². The van der Waals surface area contributed by atoms with E-state index >= 15 is 0 Å². The molecule has 0 aromatic heterocycles. The predicted molar refractivity (Wildman–Crippen MR) is 81.1 cm³/mol. The quantitative estimate of drug-likeness (QED) is 0.644. The van der Waals surface area contributed by atoms with Gasteiger partial charge in [0.2, 0.25) is 0 Å². The van der Waals surface area contributed by atoms with E-state index in [1.54, 1.807) is 18.2 Å². The molecule has 0 bridgehead atoms. The summed E-state index contributed by atoms with van der Waals surface area (Å²) in [6.07, 6.45) is 6.85. The highest BCUT2D eigenvalue weighted by Crippen LogP contribution is 2.35. The van der Waals surface area contributed by atoms with Crippen LogP contribution in [-0.4, -0.2) is 5.78 Å². The van der Waals surface area contributed by atoms with Gasteiger partial charge in [-0.3, -0.25) is 4.79 Å². The lowest BCUT2D eigenvalue weighted by atomic mass is 9.77. The minimum Gasteiger partial charge on any atom is -0.294 e. The number of ketones is 1. The lowest BCUT2D eigenvalue weighted by Crippen LogP contribution is -2.22. The van der Waals surface area contributed by atoms with Gasteiger partial charge in [-0.2, -0.15) is 0 Å². The summed E-state index contributed by atoms with van der Waals surface area (Å²) in [5.41, 5.74) is 0.591. The summed E-state index contributed by atoms with van der Waals surface area (Å²) in [4.78, 5) is 12.5. The number of hydrogen-bond acceptors (Lipinski definition) is 1. The van der Waals surface area contributed by atoms with E-state index in [9.17, 15) is 4.79 Å². The van der Waals surface area contributed by atoms with Gasteiger partial charge in [0.15, 0.2) is 5.78 Å². The molecule has 0 N–H and O–H groups in total. The van der Waals surface area contributed by atoms with Gasteiger partial charge < -0.3 is 0 Å². The van der Waals surface area contributed by atoms with Crippen molar-refractivity contribution in [3.63, 3.8) is 0 Å². The highest BCUT2D eigenvalue weighted by atomic mass is 35.5. The van der Waals surface area contributed by atoms with Gasteiger partial charge >= 0.3 is 0 Å². The Bertz CT molecular complexity index is 448. The molecule has 1 aliphatic rings. The Kier molecular flexibility index (Phi) is 5.29. The van der Waals surface area contributed by atoms with Gasteiger partial charge in [-0.1, -0.05) is 49.0 Å². The van der Waals surface area contributed by atoms with Crippen LogP contribution in [0.1, 0.15) is 55.8 Å². The molecule has 0 heterocycles. The highest BCUT2D eigenvalue weighted by molar-refractivity contribution is 6.43. The molecule has 0 saturated heterocycles. The van der Waals surface area contributed by atoms with E-state index in [-0.39, 0.29) is 11.7 Å². The Morgan fingerprint density at radius 1 is 1.21 bits per heavy atom. The maximum Gasteiger partial charge on any atom is 0.167 e. The van der Waals surface area contributed by atoms with E-state index < -0.39 is 0 Å². The normalized spacial score (nSPS) is 23.3. The van der Waals surface area contributed by atoms with Crippen molar-refractivity contribution in [1.82, 2.24) is 0 Å². The molecule has 0 unspecified atom stereocenters. The molecule has 3 heteroatoms. The second-order valence-electron chi connectivity index (χ2n) is 5.47. The molecule has 1 fully saturated rings. The minimum atomic E-state index is 0.129. The molecule has 0 amide bonds. The summed E-state index contributed by atoms with van der Waals surface area (Å²) in [5.74, 6) is 1.11. The lowest BCUT2D eigenvalue weighted by Gasteiger charge is -2.27. The van der Waals surface area contributed by atoms with Gasteiger partial charge in [0, 0.05) is 11.5 Å². The maximum absolute atomic E-state index is 12.5. The molecular weight excluding hydrogens is 279 g/mol. The molecule has 1 aromatic rings. The van der Waals surface area contributed by atoms with E-state index in [1.165, 1.54) is 25.7 Å². The fourth-order valence-electron chi connectivity index (χ4n) is 3.04. The molecule has 1 saturated carbocycles. The van der Waals surface area contributed by atoms with Gasteiger partial charge in [0.05, 0.1) is 10.0 Å². The second kappa shape index (κ2) is 6.76. The molecule has 0 radical (unpaired) electrons. The van der Waals surface area contributed by atoms with E-state index in [0.29, 0.717) is 15.6 Å². The summed E-state index contributed by atoms with van der Waals surface area (Å²) in [6, 6.07) is 5.30. The lowest BCUT2D eigenvalue weighted by molar-refractivity contribution is 0.0870. The number of hydrogen-bond donors (Lipinski definition) is 0. The molecule has 0 spiro atoms. The Morgan fingerprint density at radius 2 is 1.89 bits per heavy atom. The number of Topliss-reactive ketones (excluding diaryl/α,β-unsaturated/α-hetero) is 1. The Hall–Kier alpha value is -0.530. The SMILES string of the molecule is CCCC1CCC(C(=O)c2cccc(Cl)c2Cl)CC1. The van der Waals surface area contributed by atoms with Crippen LogP contribution in [0.15, 0.2) is 18.2 Å². The summed E-state index contributed by atoms with van der Waals surface area (Å²) < 4.78 is 0. The monoisotopic (exact) mass is 298 g/mol. The largest absolute Gasteiger partial charge is 0.294 e. The Labute approximate surface area is 125 Å². The summed E-state index contributed by atoms with van der Waals surface area (Å²) in [5, 5.41) is 0.872. The van der Waals surface area contributed by atoms with Crippen LogP contribution >= 0.6 is 23.2 Å². The fraction of sp³-hybridized carbons (Fsp3) is 0.562. The van der Waals surface area contributed by atoms with Gasteiger partial charge in [0.1, 0.15) is 0 Å². The zero-order valence-corrected chi connectivity index (χ0v) is 12.8. The average Bonchev–Trinajstić information content (AvgIpc) is 2.42. The first kappa shape index (κ1) is 14.9. The summed E-state index contributed by atoms with van der Waals surface area (Å²) >= 11 is 12.1. The zero-order chi connectivity index (χ0) is 13.8. The Balaban J connectivity index is 2.03. The van der Waals surface area contributed by atoms with E-state index in [0.717, 1.165) is 18.8 Å². The van der Waals surface area contributed by atoms with Crippen molar-refractivity contribution in [3.05, 3.63) is 33.8 Å². The number of carbonyl (C=O) groups is 1. The van der Waals surface area contributed by atoms with E-state index in [1.807, 2.05) is 0 Å². The molecule has 2 rings (SSSR count). The van der Waals surface area contributed by atoms with Crippen LogP contribution in [0.3, 0.4) is 0 Å². The molecule has 1 aromatic carbocycles. The van der Waals surface area contributed by atoms with E-state index in [4.69, 9.17) is 23.2 Å². The van der Waals surface area contributed by atoms with Crippen LogP contribution in [0.4, 0.5) is 0 Å².